The highest BCUT2D eigenvalue weighted by molar-refractivity contribution is 5.96. The number of benzene rings is 2. The van der Waals surface area contributed by atoms with E-state index < -0.39 is 6.10 Å². The average molecular weight is 454 g/mol. The van der Waals surface area contributed by atoms with E-state index in [1.54, 1.807) is 26.2 Å². The van der Waals surface area contributed by atoms with E-state index in [9.17, 15) is 9.90 Å². The summed E-state index contributed by atoms with van der Waals surface area (Å²) in [5.74, 6) is 0.428. The molecule has 1 amide bonds. The molecule has 1 heterocycles. The zero-order chi connectivity index (χ0) is 24.2. The van der Waals surface area contributed by atoms with E-state index in [1.807, 2.05) is 13.0 Å². The Labute approximate surface area is 198 Å². The van der Waals surface area contributed by atoms with E-state index in [4.69, 9.17) is 4.74 Å². The summed E-state index contributed by atoms with van der Waals surface area (Å²) in [6.07, 6.45) is -0.660. The number of carbonyl (C=O) groups excluding carboxylic acids is 1. The topological polar surface area (TPSA) is 56.3 Å². The predicted octanol–water partition coefficient (Wildman–Crippen LogP) is 3.94. The van der Waals surface area contributed by atoms with Crippen molar-refractivity contribution in [3.63, 3.8) is 0 Å². The summed E-state index contributed by atoms with van der Waals surface area (Å²) in [5, 5.41) is 10.9. The number of amides is 1. The summed E-state index contributed by atoms with van der Waals surface area (Å²) in [5.41, 5.74) is 3.98. The summed E-state index contributed by atoms with van der Waals surface area (Å²) < 4.78 is 5.63. The first-order valence-electron chi connectivity index (χ1n) is 11.8. The molecule has 1 atom stereocenters. The van der Waals surface area contributed by atoms with Crippen LogP contribution in [0.25, 0.3) is 0 Å². The number of hydrogen-bond acceptors (Lipinski definition) is 5. The Bertz CT molecular complexity index is 927. The molecule has 2 aromatic carbocycles. The normalized spacial score (nSPS) is 15.9. The molecule has 0 saturated carbocycles. The lowest BCUT2D eigenvalue weighted by molar-refractivity contribution is 0.0822. The summed E-state index contributed by atoms with van der Waals surface area (Å²) in [6.45, 7) is 13.2. The van der Waals surface area contributed by atoms with Gasteiger partial charge in [0.2, 0.25) is 0 Å². The van der Waals surface area contributed by atoms with Crippen LogP contribution in [0, 0.1) is 0 Å². The SMILES string of the molecule is CCOc1ccc(C(O)CN2CCN(c3ccc(C(C)(C)C)cc3)CC2)cc1C(=O)N(C)C. The van der Waals surface area contributed by atoms with Crippen molar-refractivity contribution in [1.82, 2.24) is 9.80 Å². The van der Waals surface area contributed by atoms with Crippen LogP contribution in [0.3, 0.4) is 0 Å². The van der Waals surface area contributed by atoms with E-state index in [0.717, 1.165) is 31.7 Å². The standard InChI is InChI=1S/C27H39N3O3/c1-7-33-25-13-8-20(18-23(25)26(32)28(5)6)24(31)19-29-14-16-30(17-15-29)22-11-9-21(10-12-22)27(2,3)4/h8-13,18,24,31H,7,14-17,19H2,1-6H3. The van der Waals surface area contributed by atoms with Crippen molar-refractivity contribution >= 4 is 11.6 Å². The second-order valence-corrected chi connectivity index (χ2v) is 9.99. The van der Waals surface area contributed by atoms with Gasteiger partial charge in [-0.25, -0.2) is 0 Å². The smallest absolute Gasteiger partial charge is 0.257 e. The molecular formula is C27H39N3O3. The number of hydrogen-bond donors (Lipinski definition) is 1. The highest BCUT2D eigenvalue weighted by Crippen LogP contribution is 2.27. The van der Waals surface area contributed by atoms with Crippen molar-refractivity contribution < 1.29 is 14.6 Å². The summed E-state index contributed by atoms with van der Waals surface area (Å²) >= 11 is 0. The molecule has 180 valence electrons. The molecule has 1 N–H and O–H groups in total. The van der Waals surface area contributed by atoms with E-state index in [1.165, 1.54) is 16.2 Å². The molecule has 0 aliphatic carbocycles. The van der Waals surface area contributed by atoms with E-state index >= 15 is 0 Å². The number of carbonyl (C=O) groups is 1. The number of aliphatic hydroxyl groups excluding tert-OH is 1. The maximum atomic E-state index is 12.6. The van der Waals surface area contributed by atoms with Crippen molar-refractivity contribution in [2.75, 3.05) is 58.3 Å². The van der Waals surface area contributed by atoms with Gasteiger partial charge in [0, 0.05) is 52.5 Å². The number of anilines is 1. The molecule has 3 rings (SSSR count). The summed E-state index contributed by atoms with van der Waals surface area (Å²) in [7, 11) is 3.44. The molecule has 2 aromatic rings. The number of rotatable bonds is 7. The first kappa shape index (κ1) is 25.1. The largest absolute Gasteiger partial charge is 0.493 e. The summed E-state index contributed by atoms with van der Waals surface area (Å²) in [4.78, 5) is 18.8. The van der Waals surface area contributed by atoms with Gasteiger partial charge in [-0.2, -0.15) is 0 Å². The molecule has 0 bridgehead atoms. The van der Waals surface area contributed by atoms with Crippen LogP contribution in [0.1, 0.15) is 55.3 Å². The minimum absolute atomic E-state index is 0.126. The van der Waals surface area contributed by atoms with Crippen LogP contribution in [-0.4, -0.2) is 74.2 Å². The molecule has 1 fully saturated rings. The molecule has 6 heteroatoms. The lowest BCUT2D eigenvalue weighted by atomic mass is 9.87. The average Bonchev–Trinajstić information content (AvgIpc) is 2.79. The number of aliphatic hydroxyl groups is 1. The minimum atomic E-state index is -0.660. The predicted molar refractivity (Wildman–Crippen MR) is 134 cm³/mol. The molecule has 6 nitrogen and oxygen atoms in total. The number of nitrogens with zero attached hydrogens (tertiary/aromatic N) is 3. The van der Waals surface area contributed by atoms with Crippen molar-refractivity contribution in [3.8, 4) is 5.75 Å². The zero-order valence-corrected chi connectivity index (χ0v) is 21.0. The van der Waals surface area contributed by atoms with E-state index in [0.29, 0.717) is 24.5 Å². The second-order valence-electron chi connectivity index (χ2n) is 9.99. The van der Waals surface area contributed by atoms with Crippen LogP contribution in [0.4, 0.5) is 5.69 Å². The fourth-order valence-electron chi connectivity index (χ4n) is 4.16. The van der Waals surface area contributed by atoms with Gasteiger partial charge < -0.3 is 19.6 Å². The van der Waals surface area contributed by atoms with Gasteiger partial charge in [-0.15, -0.1) is 0 Å². The van der Waals surface area contributed by atoms with Crippen LogP contribution < -0.4 is 9.64 Å². The Morgan fingerprint density at radius 3 is 2.24 bits per heavy atom. The monoisotopic (exact) mass is 453 g/mol. The Kier molecular flexibility index (Phi) is 8.03. The Balaban J connectivity index is 1.61. The third-order valence-electron chi connectivity index (χ3n) is 6.23. The molecule has 0 aromatic heterocycles. The molecule has 1 aliphatic heterocycles. The van der Waals surface area contributed by atoms with Crippen LogP contribution in [0.2, 0.25) is 0 Å². The molecule has 33 heavy (non-hydrogen) atoms. The highest BCUT2D eigenvalue weighted by atomic mass is 16.5. The molecule has 0 spiro atoms. The van der Waals surface area contributed by atoms with E-state index in [-0.39, 0.29) is 11.3 Å². The van der Waals surface area contributed by atoms with E-state index in [2.05, 4.69) is 54.8 Å². The maximum Gasteiger partial charge on any atom is 0.257 e. The molecular weight excluding hydrogens is 414 g/mol. The Morgan fingerprint density at radius 1 is 1.06 bits per heavy atom. The van der Waals surface area contributed by atoms with Gasteiger partial charge in [0.1, 0.15) is 5.75 Å². The fraction of sp³-hybridized carbons (Fsp3) is 0.519. The van der Waals surface area contributed by atoms with Gasteiger partial charge in [-0.3, -0.25) is 9.69 Å². The molecule has 1 unspecified atom stereocenters. The van der Waals surface area contributed by atoms with Crippen LogP contribution in [-0.2, 0) is 5.41 Å². The van der Waals surface area contributed by atoms with Crippen LogP contribution in [0.15, 0.2) is 42.5 Å². The zero-order valence-electron chi connectivity index (χ0n) is 21.0. The lowest BCUT2D eigenvalue weighted by Gasteiger charge is -2.37. The number of β-amino-alcohol motifs (C(OH)–C–C–N with tert-alkyl or cyclic N) is 1. The quantitative estimate of drug-likeness (QED) is 0.688. The number of piperazine rings is 1. The fourth-order valence-corrected chi connectivity index (χ4v) is 4.16. The second kappa shape index (κ2) is 10.6. The van der Waals surface area contributed by atoms with Gasteiger partial charge in [-0.1, -0.05) is 39.0 Å². The van der Waals surface area contributed by atoms with Crippen molar-refractivity contribution in [2.24, 2.45) is 0 Å². The van der Waals surface area contributed by atoms with Gasteiger partial charge in [-0.05, 0) is 47.7 Å². The highest BCUT2D eigenvalue weighted by Gasteiger charge is 2.23. The van der Waals surface area contributed by atoms with Crippen molar-refractivity contribution in [3.05, 3.63) is 59.2 Å². The molecule has 1 aliphatic rings. The third kappa shape index (κ3) is 6.27. The van der Waals surface area contributed by atoms with Crippen molar-refractivity contribution in [2.45, 2.75) is 39.2 Å². The minimum Gasteiger partial charge on any atom is -0.493 e. The third-order valence-corrected chi connectivity index (χ3v) is 6.23. The van der Waals surface area contributed by atoms with Crippen molar-refractivity contribution in [1.29, 1.82) is 0 Å². The Morgan fingerprint density at radius 2 is 1.70 bits per heavy atom. The van der Waals surface area contributed by atoms with Gasteiger partial charge in [0.05, 0.1) is 18.3 Å². The van der Waals surface area contributed by atoms with Gasteiger partial charge in [0.25, 0.3) is 5.91 Å². The lowest BCUT2D eigenvalue weighted by Crippen LogP contribution is -2.47. The maximum absolute atomic E-state index is 12.6. The van der Waals surface area contributed by atoms with Gasteiger partial charge >= 0.3 is 0 Å². The van der Waals surface area contributed by atoms with Crippen LogP contribution in [0.5, 0.6) is 5.75 Å². The number of ether oxygens (including phenoxy) is 1. The summed E-state index contributed by atoms with van der Waals surface area (Å²) in [6, 6.07) is 14.3. The molecule has 1 saturated heterocycles. The first-order chi connectivity index (χ1) is 15.6. The molecule has 0 radical (unpaired) electrons. The Hall–Kier alpha value is -2.57. The van der Waals surface area contributed by atoms with Gasteiger partial charge in [0.15, 0.2) is 0 Å². The first-order valence-corrected chi connectivity index (χ1v) is 11.8. The van der Waals surface area contributed by atoms with Crippen LogP contribution >= 0.6 is 0 Å².